The predicted octanol–water partition coefficient (Wildman–Crippen LogP) is 3.62. The van der Waals surface area contributed by atoms with Crippen LogP contribution in [0, 0.1) is 0 Å². The van der Waals surface area contributed by atoms with Gasteiger partial charge in [0.1, 0.15) is 0 Å². The van der Waals surface area contributed by atoms with Crippen molar-refractivity contribution in [3.05, 3.63) is 0 Å². The summed E-state index contributed by atoms with van der Waals surface area (Å²) in [5.74, 6) is 0. The van der Waals surface area contributed by atoms with Gasteiger partial charge in [0.2, 0.25) is 7.42 Å². The highest BCUT2D eigenvalue weighted by Crippen LogP contribution is 2.28. The van der Waals surface area contributed by atoms with Crippen LogP contribution in [0.2, 0.25) is 18.1 Å². The molecule has 0 atom stereocenters. The van der Waals surface area contributed by atoms with E-state index in [1.807, 2.05) is 6.92 Å². The molecular weight excluding hydrogens is 246 g/mol. The van der Waals surface area contributed by atoms with Gasteiger partial charge >= 0.3 is 0 Å². The Hall–Kier alpha value is 1.59. The van der Waals surface area contributed by atoms with Gasteiger partial charge in [0.05, 0.1) is 0 Å². The molecule has 0 aromatic heterocycles. The molecule has 0 radical (unpaired) electrons. The molecule has 0 N–H and O–H groups in total. The Balaban J connectivity index is 3.46. The van der Waals surface area contributed by atoms with Gasteiger partial charge in [-0.1, -0.05) is 6.92 Å². The maximum Gasteiger partial charge on any atom is 0.250 e. The standard InChI is InChI=1S/C4H10Cl4Si2/c1-2-10(7,8)4-3-9(5)6/h9H,2-4H2,1H3. The molecule has 0 aliphatic heterocycles. The van der Waals surface area contributed by atoms with Crippen molar-refractivity contribution >= 4 is 58.4 Å². The van der Waals surface area contributed by atoms with Crippen molar-refractivity contribution in [3.8, 4) is 0 Å². The molecule has 0 fully saturated rings. The van der Waals surface area contributed by atoms with Crippen LogP contribution in [-0.2, 0) is 0 Å². The minimum Gasteiger partial charge on any atom is -0.150 e. The summed E-state index contributed by atoms with van der Waals surface area (Å²) in [6.45, 7) is 0.0754. The first-order valence-corrected chi connectivity index (χ1v) is 11.9. The maximum atomic E-state index is 5.97. The van der Waals surface area contributed by atoms with Crippen molar-refractivity contribution in [3.63, 3.8) is 0 Å². The molecule has 0 saturated carbocycles. The molecule has 10 heavy (non-hydrogen) atoms. The summed E-state index contributed by atoms with van der Waals surface area (Å²) in [6.07, 6.45) is 0. The Morgan fingerprint density at radius 1 is 1.30 bits per heavy atom. The van der Waals surface area contributed by atoms with Crippen molar-refractivity contribution in [2.75, 3.05) is 0 Å². The first kappa shape index (κ1) is 11.6. The molecule has 62 valence electrons. The minimum atomic E-state index is -1.93. The van der Waals surface area contributed by atoms with E-state index in [-0.39, 0.29) is 0 Å². The van der Waals surface area contributed by atoms with E-state index in [4.69, 9.17) is 44.3 Å². The molecule has 0 saturated heterocycles. The fourth-order valence-corrected chi connectivity index (χ4v) is 7.34. The van der Waals surface area contributed by atoms with Gasteiger partial charge in [0, 0.05) is 0 Å². The average Bonchev–Trinajstić information content (AvgIpc) is 1.85. The number of halogens is 4. The van der Waals surface area contributed by atoms with Crippen molar-refractivity contribution in [1.29, 1.82) is 0 Å². The van der Waals surface area contributed by atoms with Crippen LogP contribution in [0.4, 0.5) is 0 Å². The lowest BCUT2D eigenvalue weighted by Gasteiger charge is -2.12. The van der Waals surface area contributed by atoms with Crippen molar-refractivity contribution < 1.29 is 0 Å². The van der Waals surface area contributed by atoms with E-state index in [0.717, 1.165) is 18.1 Å². The highest BCUT2D eigenvalue weighted by atomic mass is 35.7. The molecule has 0 bridgehead atoms. The normalized spacial score (nSPS) is 12.6. The fraction of sp³-hybridized carbons (Fsp3) is 1.00. The molecule has 0 unspecified atom stereocenters. The lowest BCUT2D eigenvalue weighted by Crippen LogP contribution is -2.17. The minimum absolute atomic E-state index is 0.843. The highest BCUT2D eigenvalue weighted by molar-refractivity contribution is 7.46. The van der Waals surface area contributed by atoms with E-state index in [1.165, 1.54) is 0 Å². The second kappa shape index (κ2) is 5.28. The largest absolute Gasteiger partial charge is 0.250 e. The van der Waals surface area contributed by atoms with Gasteiger partial charge in [-0.2, -0.15) is 22.2 Å². The first-order chi connectivity index (χ1) is 4.48. The predicted molar refractivity (Wildman–Crippen MR) is 56.4 cm³/mol. The monoisotopic (exact) mass is 254 g/mol. The molecule has 0 aliphatic carbocycles. The SMILES string of the molecule is CC[Si](Cl)(Cl)CC[SiH](Cl)Cl. The summed E-state index contributed by atoms with van der Waals surface area (Å²) < 4.78 is 0. The third kappa shape index (κ3) is 6.31. The quantitative estimate of drug-likeness (QED) is 0.532. The molecular formula is C4H10Cl4Si2. The van der Waals surface area contributed by atoms with Crippen LogP contribution in [0.5, 0.6) is 0 Å². The Labute approximate surface area is 83.2 Å². The van der Waals surface area contributed by atoms with Gasteiger partial charge in [0.25, 0.3) is 6.69 Å². The van der Waals surface area contributed by atoms with E-state index in [0.29, 0.717) is 0 Å². The molecule has 0 rings (SSSR count). The van der Waals surface area contributed by atoms with Gasteiger partial charge in [-0.25, -0.2) is 0 Å². The van der Waals surface area contributed by atoms with Crippen LogP contribution >= 0.6 is 44.3 Å². The molecule has 0 aliphatic rings. The molecule has 0 aromatic rings. The fourth-order valence-electron chi connectivity index (χ4n) is 0.497. The van der Waals surface area contributed by atoms with E-state index < -0.39 is 14.1 Å². The summed E-state index contributed by atoms with van der Waals surface area (Å²) in [4.78, 5) is 0. The second-order valence-electron chi connectivity index (χ2n) is 2.14. The van der Waals surface area contributed by atoms with Gasteiger partial charge in [-0.3, -0.25) is 0 Å². The number of hydrogen-bond acceptors (Lipinski definition) is 0. The van der Waals surface area contributed by atoms with Crippen molar-refractivity contribution in [1.82, 2.24) is 0 Å². The number of rotatable bonds is 4. The first-order valence-electron chi connectivity index (χ1n) is 3.14. The molecule has 0 amide bonds. The van der Waals surface area contributed by atoms with E-state index in [1.54, 1.807) is 0 Å². The van der Waals surface area contributed by atoms with E-state index >= 15 is 0 Å². The highest BCUT2D eigenvalue weighted by Gasteiger charge is 2.26. The smallest absolute Gasteiger partial charge is 0.150 e. The summed E-state index contributed by atoms with van der Waals surface area (Å²) in [6, 6.07) is 2.57. The summed E-state index contributed by atoms with van der Waals surface area (Å²) in [7, 11) is -1.47. The second-order valence-corrected chi connectivity index (χ2v) is 15.2. The maximum absolute atomic E-state index is 5.97. The molecule has 0 spiro atoms. The zero-order valence-electron chi connectivity index (χ0n) is 5.71. The Kier molecular flexibility index (Phi) is 6.12. The Bertz CT molecular complexity index is 95.3. The summed E-state index contributed by atoms with van der Waals surface area (Å²) >= 11 is 23.2. The van der Waals surface area contributed by atoms with Crippen LogP contribution in [0.25, 0.3) is 0 Å². The number of hydrogen-bond donors (Lipinski definition) is 0. The third-order valence-corrected chi connectivity index (χ3v) is 8.65. The van der Waals surface area contributed by atoms with Crippen LogP contribution in [0.1, 0.15) is 6.92 Å². The Morgan fingerprint density at radius 2 is 1.80 bits per heavy atom. The third-order valence-electron chi connectivity index (χ3n) is 1.25. The molecule has 0 heterocycles. The van der Waals surface area contributed by atoms with Crippen LogP contribution in [0.3, 0.4) is 0 Å². The average molecular weight is 256 g/mol. The summed E-state index contributed by atoms with van der Waals surface area (Å²) in [5, 5.41) is 0. The lowest BCUT2D eigenvalue weighted by molar-refractivity contribution is 1.32. The van der Waals surface area contributed by atoms with Gasteiger partial charge in [-0.05, 0) is 18.1 Å². The topological polar surface area (TPSA) is 0 Å². The van der Waals surface area contributed by atoms with Gasteiger partial charge in [0.15, 0.2) is 0 Å². The molecule has 0 nitrogen and oxygen atoms in total. The van der Waals surface area contributed by atoms with Crippen molar-refractivity contribution in [2.24, 2.45) is 0 Å². The van der Waals surface area contributed by atoms with Gasteiger partial charge < -0.3 is 0 Å². The lowest BCUT2D eigenvalue weighted by atomic mass is 10.9. The van der Waals surface area contributed by atoms with Crippen LogP contribution in [0.15, 0.2) is 0 Å². The molecule has 6 heteroatoms. The molecule has 0 aromatic carbocycles. The Morgan fingerprint density at radius 3 is 2.10 bits per heavy atom. The van der Waals surface area contributed by atoms with Crippen LogP contribution in [-0.4, -0.2) is 14.1 Å². The zero-order chi connectivity index (χ0) is 8.20. The van der Waals surface area contributed by atoms with E-state index in [9.17, 15) is 0 Å². The van der Waals surface area contributed by atoms with E-state index in [2.05, 4.69) is 0 Å². The van der Waals surface area contributed by atoms with Crippen LogP contribution < -0.4 is 0 Å². The van der Waals surface area contributed by atoms with Gasteiger partial charge in [-0.15, -0.1) is 22.2 Å². The summed E-state index contributed by atoms with van der Waals surface area (Å²) in [5.41, 5.74) is 0. The zero-order valence-corrected chi connectivity index (χ0v) is 10.9. The van der Waals surface area contributed by atoms with Crippen molar-refractivity contribution in [2.45, 2.75) is 25.1 Å².